The van der Waals surface area contributed by atoms with Gasteiger partial charge >= 0.3 is 0 Å². The van der Waals surface area contributed by atoms with Crippen LogP contribution >= 0.6 is 12.2 Å². The van der Waals surface area contributed by atoms with E-state index in [1.54, 1.807) is 6.07 Å². The lowest BCUT2D eigenvalue weighted by Gasteiger charge is -2.10. The maximum Gasteiger partial charge on any atom is 0.223 e. The number of hydrogen-bond acceptors (Lipinski definition) is 5. The average Bonchev–Trinajstić information content (AvgIpc) is 2.23. The average molecular weight is 253 g/mol. The van der Waals surface area contributed by atoms with Crippen LogP contribution in [0.2, 0.25) is 0 Å². The molecule has 0 unspecified atom stereocenters. The van der Waals surface area contributed by atoms with Crippen molar-refractivity contribution in [1.82, 2.24) is 14.9 Å². The van der Waals surface area contributed by atoms with Gasteiger partial charge in [0.15, 0.2) is 0 Å². The summed E-state index contributed by atoms with van der Waals surface area (Å²) in [5.41, 5.74) is 7.03. The Labute approximate surface area is 107 Å². The quantitative estimate of drug-likeness (QED) is 0.577. The van der Waals surface area contributed by atoms with E-state index >= 15 is 0 Å². The molecule has 0 fully saturated rings. The molecule has 0 spiro atoms. The van der Waals surface area contributed by atoms with Crippen LogP contribution in [0.25, 0.3) is 0 Å². The minimum absolute atomic E-state index is 0.298. The largest absolute Gasteiger partial charge is 0.388 e. The van der Waals surface area contributed by atoms with E-state index in [2.05, 4.69) is 20.2 Å². The molecule has 0 saturated heterocycles. The molecule has 1 heterocycles. The Morgan fingerprint density at radius 1 is 1.47 bits per heavy atom. The van der Waals surface area contributed by atoms with Crippen LogP contribution in [0.4, 0.5) is 5.95 Å². The molecule has 3 N–H and O–H groups in total. The van der Waals surface area contributed by atoms with Gasteiger partial charge in [0.2, 0.25) is 5.95 Å². The van der Waals surface area contributed by atoms with E-state index in [9.17, 15) is 0 Å². The maximum atomic E-state index is 5.55. The highest BCUT2D eigenvalue weighted by Gasteiger charge is 2.03. The minimum atomic E-state index is 0.298. The summed E-state index contributed by atoms with van der Waals surface area (Å²) in [5, 5.41) is 3.17. The minimum Gasteiger partial charge on any atom is -0.388 e. The van der Waals surface area contributed by atoms with Crippen LogP contribution in [-0.4, -0.2) is 47.0 Å². The second-order valence-electron chi connectivity index (χ2n) is 4.17. The maximum absolute atomic E-state index is 5.55. The van der Waals surface area contributed by atoms with Crippen LogP contribution in [0, 0.1) is 6.92 Å². The first-order valence-corrected chi connectivity index (χ1v) is 5.94. The number of nitrogens with zero attached hydrogens (tertiary/aromatic N) is 3. The predicted molar refractivity (Wildman–Crippen MR) is 74.3 cm³/mol. The molecule has 6 heteroatoms. The molecular formula is C11H19N5S. The van der Waals surface area contributed by atoms with Gasteiger partial charge in [-0.25, -0.2) is 9.97 Å². The van der Waals surface area contributed by atoms with Crippen LogP contribution < -0.4 is 11.1 Å². The van der Waals surface area contributed by atoms with Crippen molar-refractivity contribution in [3.63, 3.8) is 0 Å². The van der Waals surface area contributed by atoms with Gasteiger partial charge in [-0.1, -0.05) is 12.2 Å². The van der Waals surface area contributed by atoms with Gasteiger partial charge in [0.05, 0.1) is 0 Å². The predicted octanol–water partition coefficient (Wildman–Crippen LogP) is 0.783. The van der Waals surface area contributed by atoms with E-state index in [0.717, 1.165) is 25.2 Å². The normalized spacial score (nSPS) is 10.6. The molecule has 1 aromatic rings. The molecule has 1 rings (SSSR count). The van der Waals surface area contributed by atoms with E-state index in [1.165, 1.54) is 0 Å². The van der Waals surface area contributed by atoms with E-state index in [4.69, 9.17) is 18.0 Å². The highest BCUT2D eigenvalue weighted by molar-refractivity contribution is 7.80. The molecule has 0 saturated carbocycles. The third kappa shape index (κ3) is 5.06. The summed E-state index contributed by atoms with van der Waals surface area (Å²) in [6, 6.07) is 1.79. The summed E-state index contributed by atoms with van der Waals surface area (Å²) >= 11 is 4.90. The lowest BCUT2D eigenvalue weighted by molar-refractivity contribution is 0.405. The van der Waals surface area contributed by atoms with Crippen molar-refractivity contribution in [3.05, 3.63) is 17.5 Å². The fraction of sp³-hybridized carbons (Fsp3) is 0.545. The van der Waals surface area contributed by atoms with Crippen LogP contribution in [0.3, 0.4) is 0 Å². The van der Waals surface area contributed by atoms with Gasteiger partial charge in [0.25, 0.3) is 0 Å². The molecule has 0 bridgehead atoms. The van der Waals surface area contributed by atoms with Gasteiger partial charge in [-0.3, -0.25) is 0 Å². The Balaban J connectivity index is 2.56. The van der Waals surface area contributed by atoms with Crippen molar-refractivity contribution < 1.29 is 0 Å². The third-order valence-electron chi connectivity index (χ3n) is 2.17. The van der Waals surface area contributed by atoms with Gasteiger partial charge in [0, 0.05) is 12.2 Å². The van der Waals surface area contributed by atoms with Crippen molar-refractivity contribution >= 4 is 23.2 Å². The molecular weight excluding hydrogens is 234 g/mol. The first kappa shape index (κ1) is 13.8. The molecule has 0 atom stereocenters. The van der Waals surface area contributed by atoms with Crippen molar-refractivity contribution in [2.75, 3.05) is 32.5 Å². The van der Waals surface area contributed by atoms with E-state index in [1.807, 2.05) is 21.0 Å². The number of nitrogens with one attached hydrogen (secondary N) is 1. The number of hydrogen-bond donors (Lipinski definition) is 2. The molecule has 0 aliphatic carbocycles. The van der Waals surface area contributed by atoms with E-state index < -0.39 is 0 Å². The fourth-order valence-corrected chi connectivity index (χ4v) is 1.47. The molecule has 94 valence electrons. The summed E-state index contributed by atoms with van der Waals surface area (Å²) in [4.78, 5) is 11.0. The summed E-state index contributed by atoms with van der Waals surface area (Å²) in [6.45, 7) is 3.76. The third-order valence-corrected chi connectivity index (χ3v) is 2.38. The Morgan fingerprint density at radius 2 is 2.18 bits per heavy atom. The molecule has 0 radical (unpaired) electrons. The summed E-state index contributed by atoms with van der Waals surface area (Å²) in [7, 11) is 4.10. The first-order chi connectivity index (χ1) is 7.99. The SMILES string of the molecule is Cc1cc(C(N)=S)nc(NCCCN(C)C)n1. The lowest BCUT2D eigenvalue weighted by atomic mass is 10.3. The Bertz CT molecular complexity index is 391. The molecule has 0 aliphatic heterocycles. The van der Waals surface area contributed by atoms with E-state index in [0.29, 0.717) is 16.6 Å². The van der Waals surface area contributed by atoms with Crippen molar-refractivity contribution in [2.45, 2.75) is 13.3 Å². The standard InChI is InChI=1S/C11H19N5S/c1-8-7-9(10(12)17)15-11(14-8)13-5-4-6-16(2)3/h7H,4-6H2,1-3H3,(H2,12,17)(H,13,14,15). The Hall–Kier alpha value is -1.27. The second kappa shape index (κ2) is 6.46. The van der Waals surface area contributed by atoms with E-state index in [-0.39, 0.29) is 0 Å². The molecule has 1 aromatic heterocycles. The van der Waals surface area contributed by atoms with Gasteiger partial charge in [0.1, 0.15) is 10.7 Å². The molecule has 17 heavy (non-hydrogen) atoms. The summed E-state index contributed by atoms with van der Waals surface area (Å²) in [5.74, 6) is 0.589. The Morgan fingerprint density at radius 3 is 2.76 bits per heavy atom. The number of anilines is 1. The zero-order chi connectivity index (χ0) is 12.8. The van der Waals surface area contributed by atoms with Crippen molar-refractivity contribution in [3.8, 4) is 0 Å². The van der Waals surface area contributed by atoms with Crippen LogP contribution in [0.1, 0.15) is 17.8 Å². The highest BCUT2D eigenvalue weighted by Crippen LogP contribution is 2.04. The summed E-state index contributed by atoms with van der Waals surface area (Å²) in [6.07, 6.45) is 1.03. The molecule has 0 aliphatic rings. The topological polar surface area (TPSA) is 67.1 Å². The van der Waals surface area contributed by atoms with Gasteiger partial charge < -0.3 is 16.0 Å². The summed E-state index contributed by atoms with van der Waals surface area (Å²) < 4.78 is 0. The smallest absolute Gasteiger partial charge is 0.223 e. The molecule has 0 amide bonds. The first-order valence-electron chi connectivity index (χ1n) is 5.53. The van der Waals surface area contributed by atoms with Crippen molar-refractivity contribution in [2.24, 2.45) is 5.73 Å². The fourth-order valence-electron chi connectivity index (χ4n) is 1.37. The van der Waals surface area contributed by atoms with Gasteiger partial charge in [-0.2, -0.15) is 0 Å². The van der Waals surface area contributed by atoms with Gasteiger partial charge in [-0.15, -0.1) is 0 Å². The molecule has 5 nitrogen and oxygen atoms in total. The highest BCUT2D eigenvalue weighted by atomic mass is 32.1. The molecule has 0 aromatic carbocycles. The van der Waals surface area contributed by atoms with Crippen LogP contribution in [-0.2, 0) is 0 Å². The number of aromatic nitrogens is 2. The zero-order valence-corrected chi connectivity index (χ0v) is 11.3. The van der Waals surface area contributed by atoms with Crippen LogP contribution in [0.15, 0.2) is 6.07 Å². The van der Waals surface area contributed by atoms with Gasteiger partial charge in [-0.05, 0) is 40.1 Å². The lowest BCUT2D eigenvalue weighted by Crippen LogP contribution is -2.18. The van der Waals surface area contributed by atoms with Crippen LogP contribution in [0.5, 0.6) is 0 Å². The number of nitrogens with two attached hydrogens (primary N) is 1. The monoisotopic (exact) mass is 253 g/mol. The number of thiocarbonyl (C=S) groups is 1. The number of rotatable bonds is 6. The number of aryl methyl sites for hydroxylation is 1. The second-order valence-corrected chi connectivity index (χ2v) is 4.61. The zero-order valence-electron chi connectivity index (χ0n) is 10.5. The van der Waals surface area contributed by atoms with Crippen molar-refractivity contribution in [1.29, 1.82) is 0 Å². The Kier molecular flexibility index (Phi) is 5.24.